The number of methoxy groups -OCH3 is 2. The van der Waals surface area contributed by atoms with Crippen LogP contribution in [0.5, 0.6) is 23.0 Å². The molecule has 3 aliphatic rings. The number of rotatable bonds is 12. The Morgan fingerprint density at radius 2 is 1.16 bits per heavy atom. The molecule has 49 heavy (non-hydrogen) atoms. The predicted octanol–water partition coefficient (Wildman–Crippen LogP) is -3.25. The van der Waals surface area contributed by atoms with Crippen molar-refractivity contribution in [3.05, 3.63) is 47.5 Å². The van der Waals surface area contributed by atoms with Crippen molar-refractivity contribution in [2.45, 2.75) is 79.9 Å². The van der Waals surface area contributed by atoms with Gasteiger partial charge in [0.15, 0.2) is 28.6 Å². The van der Waals surface area contributed by atoms with Crippen LogP contribution >= 0.6 is 0 Å². The second kappa shape index (κ2) is 15.3. The van der Waals surface area contributed by atoms with E-state index in [1.54, 1.807) is 18.2 Å². The third-order valence-electron chi connectivity index (χ3n) is 9.04. The molecule has 0 spiro atoms. The first-order valence-electron chi connectivity index (χ1n) is 15.5. The van der Waals surface area contributed by atoms with Crippen molar-refractivity contribution >= 4 is 5.97 Å². The minimum atomic E-state index is -1.95. The van der Waals surface area contributed by atoms with Crippen molar-refractivity contribution < 1.29 is 83.9 Å². The summed E-state index contributed by atoms with van der Waals surface area (Å²) >= 11 is 0. The number of benzene rings is 2. The van der Waals surface area contributed by atoms with Gasteiger partial charge in [-0.05, 0) is 41.8 Å². The average molecular weight is 699 g/mol. The van der Waals surface area contributed by atoms with E-state index in [1.807, 2.05) is 0 Å². The standard InChI is InChI=1S/C32H42O17/c1-43-19-8-14(3-5-17(19)46-29-27(39)25(37)23(35)21(11-33)48-29)7-16-13-45-31(41)32(16,42)10-15-4-6-18(20(9-15)44-2)47-30-28(40)26(38)24(36)22(12-34)49-30/h3-6,8-9,16,21-30,33-40,42H,7,10-13H2,1-2H3/t16-,21-,22-,23-,24-,25+,26+,27-,28-,29-,30-,32-/m0/s1. The summed E-state index contributed by atoms with van der Waals surface area (Å²) in [5, 5.41) is 91.5. The smallest absolute Gasteiger partial charge is 0.338 e. The highest BCUT2D eigenvalue weighted by Crippen LogP contribution is 2.39. The summed E-state index contributed by atoms with van der Waals surface area (Å²) in [6.07, 6.45) is -14.9. The molecule has 3 fully saturated rings. The number of aliphatic hydroxyl groups excluding tert-OH is 8. The summed E-state index contributed by atoms with van der Waals surface area (Å²) in [5.74, 6) is -1.01. The van der Waals surface area contributed by atoms with Crippen LogP contribution in [0.25, 0.3) is 0 Å². The molecule has 272 valence electrons. The Morgan fingerprint density at radius 1 is 0.694 bits per heavy atom. The summed E-state index contributed by atoms with van der Waals surface area (Å²) < 4.78 is 38.4. The number of hydrogen-bond donors (Lipinski definition) is 9. The number of esters is 1. The van der Waals surface area contributed by atoms with Crippen LogP contribution < -0.4 is 18.9 Å². The van der Waals surface area contributed by atoms with Gasteiger partial charge in [0.05, 0.1) is 34.0 Å². The number of hydrogen-bond acceptors (Lipinski definition) is 17. The quantitative estimate of drug-likeness (QED) is 0.0986. The second-order valence-electron chi connectivity index (χ2n) is 12.2. The van der Waals surface area contributed by atoms with Crippen LogP contribution in [0.2, 0.25) is 0 Å². The molecule has 0 aliphatic carbocycles. The maximum Gasteiger partial charge on any atom is 0.338 e. The van der Waals surface area contributed by atoms with Crippen molar-refractivity contribution in [1.82, 2.24) is 0 Å². The minimum absolute atomic E-state index is 0.0752. The van der Waals surface area contributed by atoms with E-state index in [4.69, 9.17) is 33.2 Å². The molecule has 0 saturated carbocycles. The topological polar surface area (TPSA) is 264 Å². The highest BCUT2D eigenvalue weighted by Gasteiger charge is 2.51. The van der Waals surface area contributed by atoms with Crippen LogP contribution in [0.3, 0.4) is 0 Å². The fraction of sp³-hybridized carbons (Fsp3) is 0.594. The first-order chi connectivity index (χ1) is 23.3. The molecule has 0 aromatic heterocycles. The summed E-state index contributed by atoms with van der Waals surface area (Å²) in [7, 11) is 2.72. The first-order valence-corrected chi connectivity index (χ1v) is 15.5. The summed E-state index contributed by atoms with van der Waals surface area (Å²) in [4.78, 5) is 12.9. The van der Waals surface area contributed by atoms with Crippen molar-refractivity contribution in [3.63, 3.8) is 0 Å². The zero-order valence-corrected chi connectivity index (χ0v) is 26.6. The number of carbonyl (C=O) groups excluding carboxylic acids is 1. The fourth-order valence-corrected chi connectivity index (χ4v) is 6.08. The zero-order chi connectivity index (χ0) is 35.6. The summed E-state index contributed by atoms with van der Waals surface area (Å²) in [6, 6.07) is 9.25. The highest BCUT2D eigenvalue weighted by atomic mass is 16.7. The van der Waals surface area contributed by atoms with Crippen LogP contribution in [0.1, 0.15) is 11.1 Å². The Hall–Kier alpha value is -3.33. The average Bonchev–Trinajstić information content (AvgIpc) is 3.37. The Morgan fingerprint density at radius 3 is 1.63 bits per heavy atom. The van der Waals surface area contributed by atoms with Gasteiger partial charge in [0.2, 0.25) is 12.6 Å². The lowest BCUT2D eigenvalue weighted by atomic mass is 9.81. The largest absolute Gasteiger partial charge is 0.493 e. The number of cyclic esters (lactones) is 1. The van der Waals surface area contributed by atoms with Crippen LogP contribution in [0, 0.1) is 5.92 Å². The van der Waals surface area contributed by atoms with Crippen LogP contribution in [-0.2, 0) is 31.8 Å². The molecule has 3 saturated heterocycles. The third-order valence-corrected chi connectivity index (χ3v) is 9.04. The minimum Gasteiger partial charge on any atom is -0.493 e. The molecule has 2 aromatic rings. The van der Waals surface area contributed by atoms with E-state index in [1.165, 1.54) is 32.4 Å². The monoisotopic (exact) mass is 698 g/mol. The normalized spacial score (nSPS) is 36.2. The maximum atomic E-state index is 12.9. The predicted molar refractivity (Wildman–Crippen MR) is 162 cm³/mol. The second-order valence-corrected chi connectivity index (χ2v) is 12.2. The van der Waals surface area contributed by atoms with Crippen LogP contribution in [-0.4, -0.2) is 153 Å². The van der Waals surface area contributed by atoms with E-state index in [-0.39, 0.29) is 42.4 Å². The van der Waals surface area contributed by atoms with E-state index in [0.29, 0.717) is 11.1 Å². The molecule has 3 heterocycles. The SMILES string of the molecule is COc1cc(C[C@H]2COC(=O)[C@]2(O)Cc2ccc(O[C@H]3O[C@@H](CO)[C@H](O)[C@@H](O)[C@@H]3O)c(OC)c2)ccc1O[C@H]1O[C@@H](CO)[C@H](O)[C@@H](O)[C@@H]1O. The molecule has 0 unspecified atom stereocenters. The van der Waals surface area contributed by atoms with Gasteiger partial charge in [-0.15, -0.1) is 0 Å². The number of ether oxygens (including phenoxy) is 7. The Labute approximate surface area is 280 Å². The van der Waals surface area contributed by atoms with Gasteiger partial charge < -0.3 is 79.1 Å². The Kier molecular flexibility index (Phi) is 11.5. The maximum absolute atomic E-state index is 12.9. The van der Waals surface area contributed by atoms with Gasteiger partial charge in [-0.2, -0.15) is 0 Å². The van der Waals surface area contributed by atoms with Crippen molar-refractivity contribution in [2.24, 2.45) is 5.92 Å². The molecular formula is C32H42O17. The van der Waals surface area contributed by atoms with E-state index < -0.39 is 92.1 Å². The fourth-order valence-electron chi connectivity index (χ4n) is 6.08. The van der Waals surface area contributed by atoms with Gasteiger partial charge in [-0.25, -0.2) is 4.79 Å². The van der Waals surface area contributed by atoms with Crippen LogP contribution in [0.15, 0.2) is 36.4 Å². The van der Waals surface area contributed by atoms with E-state index in [2.05, 4.69) is 0 Å². The lowest BCUT2D eigenvalue weighted by Gasteiger charge is -2.39. The molecule has 17 nitrogen and oxygen atoms in total. The van der Waals surface area contributed by atoms with E-state index >= 15 is 0 Å². The van der Waals surface area contributed by atoms with E-state index in [9.17, 15) is 50.8 Å². The molecule has 9 N–H and O–H groups in total. The van der Waals surface area contributed by atoms with Gasteiger partial charge in [0.1, 0.15) is 48.8 Å². The molecular weight excluding hydrogens is 656 g/mol. The zero-order valence-electron chi connectivity index (χ0n) is 26.6. The van der Waals surface area contributed by atoms with Gasteiger partial charge >= 0.3 is 5.97 Å². The van der Waals surface area contributed by atoms with Crippen LogP contribution in [0.4, 0.5) is 0 Å². The van der Waals surface area contributed by atoms with Gasteiger partial charge in [-0.1, -0.05) is 12.1 Å². The van der Waals surface area contributed by atoms with Crippen molar-refractivity contribution in [2.75, 3.05) is 34.0 Å². The highest BCUT2D eigenvalue weighted by molar-refractivity contribution is 5.82. The van der Waals surface area contributed by atoms with Gasteiger partial charge in [0, 0.05) is 12.3 Å². The Bertz CT molecular complexity index is 1440. The lowest BCUT2D eigenvalue weighted by molar-refractivity contribution is -0.277. The first kappa shape index (κ1) is 36.9. The molecule has 12 atom stereocenters. The van der Waals surface area contributed by atoms with Gasteiger partial charge in [0.25, 0.3) is 0 Å². The molecule has 17 heteroatoms. The molecule has 0 amide bonds. The molecule has 2 aromatic carbocycles. The van der Waals surface area contributed by atoms with E-state index in [0.717, 1.165) is 0 Å². The van der Waals surface area contributed by atoms with Crippen molar-refractivity contribution in [3.8, 4) is 23.0 Å². The van der Waals surface area contributed by atoms with Gasteiger partial charge in [-0.3, -0.25) is 0 Å². The number of aliphatic hydroxyl groups is 9. The lowest BCUT2D eigenvalue weighted by Crippen LogP contribution is -2.60. The molecule has 5 rings (SSSR count). The summed E-state index contributed by atoms with van der Waals surface area (Å²) in [6.45, 7) is -1.35. The third kappa shape index (κ3) is 7.42. The Balaban J connectivity index is 1.29. The molecule has 0 radical (unpaired) electrons. The van der Waals surface area contributed by atoms with Crippen molar-refractivity contribution in [1.29, 1.82) is 0 Å². The number of carbonyl (C=O) groups is 1. The molecule has 3 aliphatic heterocycles. The molecule has 0 bridgehead atoms. The summed E-state index contributed by atoms with van der Waals surface area (Å²) in [5.41, 5.74) is -0.866.